The Hall–Kier alpha value is -2.07. The fourth-order valence-electron chi connectivity index (χ4n) is 2.96. The number of benzene rings is 1. The quantitative estimate of drug-likeness (QED) is 0.806. The van der Waals surface area contributed by atoms with Gasteiger partial charge in [0.25, 0.3) is 0 Å². The lowest BCUT2D eigenvalue weighted by atomic mass is 10.0. The maximum atomic E-state index is 12.0. The second-order valence-corrected chi connectivity index (χ2v) is 5.71. The monoisotopic (exact) mass is 316 g/mol. The third-order valence-electron chi connectivity index (χ3n) is 3.95. The van der Waals surface area contributed by atoms with Gasteiger partial charge in [0.15, 0.2) is 0 Å². The average molecular weight is 317 g/mol. The van der Waals surface area contributed by atoms with Gasteiger partial charge in [0.05, 0.1) is 18.2 Å². The zero-order valence-corrected chi connectivity index (χ0v) is 13.1. The predicted molar refractivity (Wildman–Crippen MR) is 86.3 cm³/mol. The third-order valence-corrected chi connectivity index (χ3v) is 4.15. The highest BCUT2D eigenvalue weighted by atomic mass is 35.5. The summed E-state index contributed by atoms with van der Waals surface area (Å²) in [5.74, 6) is 0.228. The van der Waals surface area contributed by atoms with Crippen LogP contribution in [0.2, 0.25) is 5.02 Å². The van der Waals surface area contributed by atoms with Crippen LogP contribution in [0.5, 0.6) is 0 Å². The van der Waals surface area contributed by atoms with Crippen molar-refractivity contribution in [3.63, 3.8) is 0 Å². The van der Waals surface area contributed by atoms with E-state index in [1.54, 1.807) is 12.3 Å². The number of ether oxygens (including phenoxy) is 1. The molecule has 0 spiro atoms. The highest BCUT2D eigenvalue weighted by Gasteiger charge is 2.30. The molecule has 1 aliphatic rings. The lowest BCUT2D eigenvalue weighted by Crippen LogP contribution is -2.26. The number of pyridine rings is 1. The minimum atomic E-state index is -0.413. The molecule has 1 saturated heterocycles. The van der Waals surface area contributed by atoms with Crippen LogP contribution in [0.25, 0.3) is 0 Å². The van der Waals surface area contributed by atoms with E-state index in [-0.39, 0.29) is 6.04 Å². The fraction of sp³-hybridized carbons (Fsp3) is 0.294. The van der Waals surface area contributed by atoms with Crippen LogP contribution in [0.3, 0.4) is 0 Å². The molecule has 1 aliphatic heterocycles. The van der Waals surface area contributed by atoms with Crippen molar-refractivity contribution in [1.29, 1.82) is 0 Å². The van der Waals surface area contributed by atoms with Crippen LogP contribution >= 0.6 is 11.6 Å². The average Bonchev–Trinajstić information content (AvgIpc) is 3.04. The van der Waals surface area contributed by atoms with Crippen LogP contribution in [0, 0.1) is 0 Å². The van der Waals surface area contributed by atoms with Crippen molar-refractivity contribution >= 4 is 23.4 Å². The van der Waals surface area contributed by atoms with Gasteiger partial charge in [-0.05, 0) is 24.5 Å². The number of carbonyl (C=O) groups excluding carboxylic acids is 1. The second-order valence-electron chi connectivity index (χ2n) is 5.28. The molecule has 0 N–H and O–H groups in total. The molecule has 4 nitrogen and oxygen atoms in total. The summed E-state index contributed by atoms with van der Waals surface area (Å²) in [6, 6.07) is 12.1. The van der Waals surface area contributed by atoms with Crippen molar-refractivity contribution < 1.29 is 9.53 Å². The van der Waals surface area contributed by atoms with E-state index in [2.05, 4.69) is 22.0 Å². The van der Waals surface area contributed by atoms with Gasteiger partial charge in [-0.3, -0.25) is 0 Å². The summed E-state index contributed by atoms with van der Waals surface area (Å²) in [5, 5.41) is 0.430. The zero-order valence-electron chi connectivity index (χ0n) is 12.3. The molecule has 0 saturated carbocycles. The van der Waals surface area contributed by atoms with Crippen molar-refractivity contribution in [3.05, 3.63) is 58.7 Å². The van der Waals surface area contributed by atoms with Crippen molar-refractivity contribution in [1.82, 2.24) is 4.98 Å². The first-order chi connectivity index (χ1) is 10.7. The van der Waals surface area contributed by atoms with Gasteiger partial charge in [0.2, 0.25) is 0 Å². The smallest absolute Gasteiger partial charge is 0.341 e. The largest absolute Gasteiger partial charge is 0.465 e. The molecule has 0 radical (unpaired) electrons. The fourth-order valence-corrected chi connectivity index (χ4v) is 3.12. The first-order valence-corrected chi connectivity index (χ1v) is 7.64. The van der Waals surface area contributed by atoms with Gasteiger partial charge in [-0.1, -0.05) is 41.9 Å². The van der Waals surface area contributed by atoms with Gasteiger partial charge in [-0.2, -0.15) is 0 Å². The number of hydrogen-bond donors (Lipinski definition) is 0. The van der Waals surface area contributed by atoms with E-state index < -0.39 is 5.97 Å². The van der Waals surface area contributed by atoms with Gasteiger partial charge >= 0.3 is 5.97 Å². The minimum absolute atomic E-state index is 0.221. The Balaban J connectivity index is 2.01. The molecular formula is C17H17ClN2O2. The highest BCUT2D eigenvalue weighted by molar-refractivity contribution is 6.30. The normalized spacial score (nSPS) is 17.5. The molecule has 2 aromatic rings. The number of rotatable bonds is 3. The van der Waals surface area contributed by atoms with Crippen LogP contribution in [0.15, 0.2) is 42.6 Å². The summed E-state index contributed by atoms with van der Waals surface area (Å²) >= 11 is 5.99. The Morgan fingerprint density at radius 1 is 1.36 bits per heavy atom. The standard InChI is InChI=1S/C17H17ClN2O2/c1-22-17(21)14-10-13(18)11-19-16(14)20-9-5-8-15(20)12-6-3-2-4-7-12/h2-4,6-7,10-11,15H,5,8-9H2,1H3/t15-/m1/s1. The Labute approximate surface area is 134 Å². The predicted octanol–water partition coefficient (Wildman–Crippen LogP) is 3.86. The van der Waals surface area contributed by atoms with Crippen LogP contribution in [-0.2, 0) is 4.74 Å². The van der Waals surface area contributed by atoms with Crippen LogP contribution in [0.4, 0.5) is 5.82 Å². The van der Waals surface area contributed by atoms with Crippen LogP contribution in [-0.4, -0.2) is 24.6 Å². The van der Waals surface area contributed by atoms with Crippen molar-refractivity contribution in [2.24, 2.45) is 0 Å². The maximum absolute atomic E-state index is 12.0. The van der Waals surface area contributed by atoms with E-state index in [1.807, 2.05) is 18.2 Å². The SMILES string of the molecule is COC(=O)c1cc(Cl)cnc1N1CCC[C@@H]1c1ccccc1. The molecule has 22 heavy (non-hydrogen) atoms. The highest BCUT2D eigenvalue weighted by Crippen LogP contribution is 2.37. The molecule has 114 valence electrons. The molecule has 1 aromatic heterocycles. The molecular weight excluding hydrogens is 300 g/mol. The van der Waals surface area contributed by atoms with Crippen molar-refractivity contribution in [3.8, 4) is 0 Å². The first kappa shape index (κ1) is 14.9. The van der Waals surface area contributed by atoms with Crippen molar-refractivity contribution in [2.75, 3.05) is 18.6 Å². The lowest BCUT2D eigenvalue weighted by molar-refractivity contribution is 0.0601. The van der Waals surface area contributed by atoms with Gasteiger partial charge in [0, 0.05) is 12.7 Å². The Bertz CT molecular complexity index is 676. The molecule has 0 unspecified atom stereocenters. The molecule has 2 heterocycles. The summed E-state index contributed by atoms with van der Waals surface area (Å²) in [6.07, 6.45) is 3.67. The summed E-state index contributed by atoms with van der Waals surface area (Å²) in [6.45, 7) is 0.859. The molecule has 0 bridgehead atoms. The Kier molecular flexibility index (Phi) is 4.29. The van der Waals surface area contributed by atoms with Gasteiger partial charge in [-0.25, -0.2) is 9.78 Å². The van der Waals surface area contributed by atoms with Gasteiger partial charge in [-0.15, -0.1) is 0 Å². The van der Waals surface area contributed by atoms with Gasteiger partial charge in [0.1, 0.15) is 11.4 Å². The lowest BCUT2D eigenvalue weighted by Gasteiger charge is -2.27. The zero-order chi connectivity index (χ0) is 15.5. The second kappa shape index (κ2) is 6.36. The van der Waals surface area contributed by atoms with E-state index >= 15 is 0 Å². The van der Waals surface area contributed by atoms with E-state index in [0.717, 1.165) is 19.4 Å². The molecule has 0 aliphatic carbocycles. The van der Waals surface area contributed by atoms with E-state index in [4.69, 9.17) is 16.3 Å². The van der Waals surface area contributed by atoms with Crippen LogP contribution < -0.4 is 4.90 Å². The van der Waals surface area contributed by atoms with Crippen molar-refractivity contribution in [2.45, 2.75) is 18.9 Å². The number of aromatic nitrogens is 1. The van der Waals surface area contributed by atoms with Crippen LogP contribution in [0.1, 0.15) is 34.8 Å². The minimum Gasteiger partial charge on any atom is -0.465 e. The molecule has 0 amide bonds. The molecule has 1 atom stereocenters. The number of hydrogen-bond acceptors (Lipinski definition) is 4. The summed E-state index contributed by atoms with van der Waals surface area (Å²) in [7, 11) is 1.37. The number of halogens is 1. The molecule has 3 rings (SSSR count). The number of methoxy groups -OCH3 is 1. The number of nitrogens with zero attached hydrogens (tertiary/aromatic N) is 2. The molecule has 1 aromatic carbocycles. The van der Waals surface area contributed by atoms with E-state index in [0.29, 0.717) is 16.4 Å². The maximum Gasteiger partial charge on any atom is 0.341 e. The summed E-state index contributed by atoms with van der Waals surface area (Å²) in [5.41, 5.74) is 1.64. The molecule has 5 heteroatoms. The summed E-state index contributed by atoms with van der Waals surface area (Å²) in [4.78, 5) is 18.6. The Morgan fingerprint density at radius 3 is 2.86 bits per heavy atom. The van der Waals surface area contributed by atoms with E-state index in [1.165, 1.54) is 12.7 Å². The Morgan fingerprint density at radius 2 is 2.14 bits per heavy atom. The number of anilines is 1. The number of carbonyl (C=O) groups is 1. The first-order valence-electron chi connectivity index (χ1n) is 7.26. The molecule has 1 fully saturated rings. The topological polar surface area (TPSA) is 42.4 Å². The third kappa shape index (κ3) is 2.79. The number of esters is 1. The summed E-state index contributed by atoms with van der Waals surface area (Å²) < 4.78 is 4.87. The van der Waals surface area contributed by atoms with E-state index in [9.17, 15) is 4.79 Å². The van der Waals surface area contributed by atoms with Gasteiger partial charge < -0.3 is 9.64 Å².